The second-order valence-corrected chi connectivity index (χ2v) is 4.26. The van der Waals surface area contributed by atoms with Crippen LogP contribution >= 0.6 is 0 Å². The summed E-state index contributed by atoms with van der Waals surface area (Å²) in [4.78, 5) is 16.0. The fourth-order valence-electron chi connectivity index (χ4n) is 1.84. The third kappa shape index (κ3) is 3.50. The Balaban J connectivity index is 2.18. The Kier molecular flexibility index (Phi) is 4.76. The Morgan fingerprint density at radius 3 is 2.90 bits per heavy atom. The van der Waals surface area contributed by atoms with Crippen LogP contribution in [0.1, 0.15) is 30.0 Å². The maximum absolute atomic E-state index is 11.9. The number of ether oxygens (including phenoxy) is 2. The van der Waals surface area contributed by atoms with E-state index in [4.69, 9.17) is 15.2 Å². The topological polar surface area (TPSA) is 92.3 Å². The highest BCUT2D eigenvalue weighted by Crippen LogP contribution is 2.23. The fraction of sp³-hybridized carbons (Fsp3) is 0.357. The lowest BCUT2D eigenvalue weighted by Crippen LogP contribution is -2.11. The zero-order chi connectivity index (χ0) is 15.2. The van der Waals surface area contributed by atoms with Gasteiger partial charge in [-0.15, -0.1) is 0 Å². The Bertz CT molecular complexity index is 624. The summed E-state index contributed by atoms with van der Waals surface area (Å²) in [6.45, 7) is 4.90. The van der Waals surface area contributed by atoms with Gasteiger partial charge in [-0.2, -0.15) is 5.10 Å². The summed E-state index contributed by atoms with van der Waals surface area (Å²) in [5.41, 5.74) is 6.59. The van der Waals surface area contributed by atoms with Gasteiger partial charge in [-0.3, -0.25) is 0 Å². The third-order valence-electron chi connectivity index (χ3n) is 2.85. The molecule has 0 spiro atoms. The van der Waals surface area contributed by atoms with E-state index < -0.39 is 5.97 Å². The molecule has 2 N–H and O–H groups in total. The fourth-order valence-corrected chi connectivity index (χ4v) is 1.84. The number of nitrogen functional groups attached to an aromatic ring is 1. The van der Waals surface area contributed by atoms with Crippen molar-refractivity contribution in [2.24, 2.45) is 0 Å². The van der Waals surface area contributed by atoms with Crippen LogP contribution in [0.3, 0.4) is 0 Å². The van der Waals surface area contributed by atoms with E-state index in [1.165, 1.54) is 6.33 Å². The van der Waals surface area contributed by atoms with Crippen molar-refractivity contribution in [3.63, 3.8) is 0 Å². The van der Waals surface area contributed by atoms with Gasteiger partial charge in [0, 0.05) is 18.3 Å². The summed E-state index contributed by atoms with van der Waals surface area (Å²) in [7, 11) is 0. The minimum Gasteiger partial charge on any atom is -0.485 e. The van der Waals surface area contributed by atoms with E-state index in [-0.39, 0.29) is 6.61 Å². The average molecular weight is 290 g/mol. The van der Waals surface area contributed by atoms with Gasteiger partial charge >= 0.3 is 5.97 Å². The molecule has 2 aromatic rings. The van der Waals surface area contributed by atoms with Gasteiger partial charge in [-0.25, -0.2) is 14.5 Å². The van der Waals surface area contributed by atoms with Crippen molar-refractivity contribution in [3.8, 4) is 5.75 Å². The third-order valence-corrected chi connectivity index (χ3v) is 2.85. The number of esters is 1. The minimum absolute atomic E-state index is 0.198. The summed E-state index contributed by atoms with van der Waals surface area (Å²) in [6, 6.07) is 4.82. The Morgan fingerprint density at radius 2 is 2.19 bits per heavy atom. The molecule has 0 saturated heterocycles. The number of nitrogens with two attached hydrogens (primary N) is 1. The van der Waals surface area contributed by atoms with Gasteiger partial charge < -0.3 is 15.2 Å². The first kappa shape index (κ1) is 14.8. The van der Waals surface area contributed by atoms with Crippen molar-refractivity contribution in [1.29, 1.82) is 0 Å². The maximum atomic E-state index is 11.9. The molecule has 1 aromatic carbocycles. The molecule has 0 unspecified atom stereocenters. The molecule has 7 heteroatoms. The number of hydrogen-bond donors (Lipinski definition) is 1. The van der Waals surface area contributed by atoms with Gasteiger partial charge in [0.05, 0.1) is 6.61 Å². The Hall–Kier alpha value is -2.57. The van der Waals surface area contributed by atoms with Gasteiger partial charge in [-0.1, -0.05) is 0 Å². The van der Waals surface area contributed by atoms with Crippen LogP contribution in [0.25, 0.3) is 0 Å². The number of benzene rings is 1. The molecule has 0 radical (unpaired) electrons. The van der Waals surface area contributed by atoms with Crippen LogP contribution in [0.4, 0.5) is 5.69 Å². The van der Waals surface area contributed by atoms with Crippen molar-refractivity contribution < 1.29 is 14.3 Å². The second kappa shape index (κ2) is 6.74. The number of rotatable bonds is 6. The summed E-state index contributed by atoms with van der Waals surface area (Å²) in [6.07, 6.45) is 1.47. The van der Waals surface area contributed by atoms with Gasteiger partial charge in [-0.05, 0) is 26.0 Å². The van der Waals surface area contributed by atoms with Crippen molar-refractivity contribution in [2.75, 3.05) is 12.3 Å². The highest BCUT2D eigenvalue weighted by Gasteiger charge is 2.15. The highest BCUT2D eigenvalue weighted by atomic mass is 16.5. The number of carbonyl (C=O) groups excluding carboxylic acids is 1. The van der Waals surface area contributed by atoms with E-state index in [9.17, 15) is 4.79 Å². The quantitative estimate of drug-likeness (QED) is 0.642. The number of aryl methyl sites for hydroxylation is 1. The van der Waals surface area contributed by atoms with E-state index >= 15 is 0 Å². The normalized spacial score (nSPS) is 10.4. The molecule has 0 bridgehead atoms. The smallest absolute Gasteiger partial charge is 0.341 e. The molecule has 0 fully saturated rings. The first-order valence-corrected chi connectivity index (χ1v) is 6.71. The molecule has 0 aliphatic carbocycles. The zero-order valence-electron chi connectivity index (χ0n) is 12.1. The summed E-state index contributed by atoms with van der Waals surface area (Å²) in [5.74, 6) is 0.610. The predicted molar refractivity (Wildman–Crippen MR) is 76.8 cm³/mol. The molecule has 1 aromatic heterocycles. The van der Waals surface area contributed by atoms with E-state index in [2.05, 4.69) is 10.1 Å². The van der Waals surface area contributed by atoms with E-state index in [0.717, 1.165) is 0 Å². The van der Waals surface area contributed by atoms with Crippen LogP contribution in [-0.2, 0) is 17.9 Å². The molecule has 112 valence electrons. The monoisotopic (exact) mass is 290 g/mol. The van der Waals surface area contributed by atoms with Crippen molar-refractivity contribution >= 4 is 11.7 Å². The lowest BCUT2D eigenvalue weighted by atomic mass is 10.2. The second-order valence-electron chi connectivity index (χ2n) is 4.26. The highest BCUT2D eigenvalue weighted by molar-refractivity contribution is 5.93. The molecule has 0 aliphatic rings. The number of nitrogens with zero attached hydrogens (tertiary/aromatic N) is 3. The molecule has 0 saturated carbocycles. The first-order chi connectivity index (χ1) is 10.2. The van der Waals surface area contributed by atoms with E-state index in [1.54, 1.807) is 29.8 Å². The molecule has 0 atom stereocenters. The standard InChI is InChI=1S/C14H18N4O3/c1-3-18-13(16-9-17-18)8-21-12-7-10(15)5-6-11(12)14(19)20-4-2/h5-7,9H,3-4,8,15H2,1-2H3. The molecular weight excluding hydrogens is 272 g/mol. The van der Waals surface area contributed by atoms with Crippen LogP contribution < -0.4 is 10.5 Å². The molecular formula is C14H18N4O3. The molecule has 21 heavy (non-hydrogen) atoms. The largest absolute Gasteiger partial charge is 0.485 e. The van der Waals surface area contributed by atoms with Crippen molar-refractivity contribution in [1.82, 2.24) is 14.8 Å². The number of anilines is 1. The minimum atomic E-state index is -0.440. The van der Waals surface area contributed by atoms with Crippen LogP contribution in [-0.4, -0.2) is 27.3 Å². The van der Waals surface area contributed by atoms with Crippen LogP contribution in [0.2, 0.25) is 0 Å². The van der Waals surface area contributed by atoms with E-state index in [1.807, 2.05) is 6.92 Å². The Labute approximate surface area is 122 Å². The zero-order valence-corrected chi connectivity index (χ0v) is 12.1. The van der Waals surface area contributed by atoms with Crippen molar-refractivity contribution in [2.45, 2.75) is 27.0 Å². The first-order valence-electron chi connectivity index (χ1n) is 6.71. The SMILES string of the molecule is CCOC(=O)c1ccc(N)cc1OCc1ncnn1CC. The summed E-state index contributed by atoms with van der Waals surface area (Å²) < 4.78 is 12.4. The number of hydrogen-bond acceptors (Lipinski definition) is 6. The molecule has 0 amide bonds. The van der Waals surface area contributed by atoms with Crippen molar-refractivity contribution in [3.05, 3.63) is 35.9 Å². The number of carbonyl (C=O) groups is 1. The lowest BCUT2D eigenvalue weighted by molar-refractivity contribution is 0.0521. The number of aromatic nitrogens is 3. The molecule has 2 rings (SSSR count). The maximum Gasteiger partial charge on any atom is 0.341 e. The molecule has 1 heterocycles. The van der Waals surface area contributed by atoms with Gasteiger partial charge in [0.1, 0.15) is 24.2 Å². The van der Waals surface area contributed by atoms with Gasteiger partial charge in [0.2, 0.25) is 0 Å². The van der Waals surface area contributed by atoms with E-state index in [0.29, 0.717) is 36.0 Å². The summed E-state index contributed by atoms with van der Waals surface area (Å²) in [5, 5.41) is 4.06. The predicted octanol–water partition coefficient (Wildman–Crippen LogP) is 1.64. The average Bonchev–Trinajstić information content (AvgIpc) is 2.92. The van der Waals surface area contributed by atoms with Crippen LogP contribution in [0.15, 0.2) is 24.5 Å². The van der Waals surface area contributed by atoms with Gasteiger partial charge in [0.15, 0.2) is 5.82 Å². The Morgan fingerprint density at radius 1 is 1.38 bits per heavy atom. The lowest BCUT2D eigenvalue weighted by Gasteiger charge is -2.11. The molecule has 7 nitrogen and oxygen atoms in total. The van der Waals surface area contributed by atoms with Gasteiger partial charge in [0.25, 0.3) is 0 Å². The summed E-state index contributed by atoms with van der Waals surface area (Å²) >= 11 is 0. The van der Waals surface area contributed by atoms with Crippen LogP contribution in [0, 0.1) is 0 Å². The van der Waals surface area contributed by atoms with Crippen LogP contribution in [0.5, 0.6) is 5.75 Å². The molecule has 0 aliphatic heterocycles.